The molecule has 1 aromatic carbocycles. The van der Waals surface area contributed by atoms with Gasteiger partial charge in [-0.25, -0.2) is 0 Å². The van der Waals surface area contributed by atoms with E-state index in [2.05, 4.69) is 5.32 Å². The van der Waals surface area contributed by atoms with E-state index in [0.717, 1.165) is 50.8 Å². The molecule has 0 aromatic heterocycles. The van der Waals surface area contributed by atoms with Crippen molar-refractivity contribution in [2.24, 2.45) is 5.41 Å². The second-order valence-corrected chi connectivity index (χ2v) is 7.55. The monoisotopic (exact) mass is 358 g/mol. The smallest absolute Gasteiger partial charge is 0.303 e. The van der Waals surface area contributed by atoms with Crippen LogP contribution < -0.4 is 10.2 Å². The van der Waals surface area contributed by atoms with Crippen LogP contribution in [0.2, 0.25) is 0 Å². The van der Waals surface area contributed by atoms with Gasteiger partial charge in [0.05, 0.1) is 6.42 Å². The van der Waals surface area contributed by atoms with Gasteiger partial charge < -0.3 is 15.3 Å². The summed E-state index contributed by atoms with van der Waals surface area (Å²) < 4.78 is 0. The van der Waals surface area contributed by atoms with Crippen molar-refractivity contribution in [3.05, 3.63) is 24.3 Å². The zero-order valence-corrected chi connectivity index (χ0v) is 15.0. The topological polar surface area (TPSA) is 86.7 Å². The summed E-state index contributed by atoms with van der Waals surface area (Å²) >= 11 is 0. The molecule has 2 fully saturated rings. The van der Waals surface area contributed by atoms with Gasteiger partial charge in [-0.15, -0.1) is 0 Å². The van der Waals surface area contributed by atoms with Gasteiger partial charge in [0.25, 0.3) is 0 Å². The highest BCUT2D eigenvalue weighted by Gasteiger charge is 2.36. The molecule has 26 heavy (non-hydrogen) atoms. The number of rotatable bonds is 6. The lowest BCUT2D eigenvalue weighted by Crippen LogP contribution is -2.32. The lowest BCUT2D eigenvalue weighted by Gasteiger charge is -2.35. The largest absolute Gasteiger partial charge is 0.481 e. The number of carbonyl (C=O) groups is 3. The molecule has 0 spiro atoms. The second kappa shape index (κ2) is 7.89. The van der Waals surface area contributed by atoms with Gasteiger partial charge in [-0.1, -0.05) is 19.3 Å². The number of anilines is 2. The molecule has 1 saturated heterocycles. The fourth-order valence-corrected chi connectivity index (χ4v) is 4.23. The van der Waals surface area contributed by atoms with Gasteiger partial charge in [-0.3, -0.25) is 14.4 Å². The number of nitrogens with zero attached hydrogens (tertiary/aromatic N) is 1. The molecule has 0 radical (unpaired) electrons. The minimum Gasteiger partial charge on any atom is -0.481 e. The Kier molecular flexibility index (Phi) is 5.59. The molecule has 140 valence electrons. The van der Waals surface area contributed by atoms with Crippen molar-refractivity contribution < 1.29 is 19.5 Å². The number of hydrogen-bond acceptors (Lipinski definition) is 3. The van der Waals surface area contributed by atoms with E-state index >= 15 is 0 Å². The Balaban J connectivity index is 1.61. The summed E-state index contributed by atoms with van der Waals surface area (Å²) in [5, 5.41) is 12.1. The molecule has 2 N–H and O–H groups in total. The normalized spacial score (nSPS) is 19.4. The summed E-state index contributed by atoms with van der Waals surface area (Å²) in [6.45, 7) is 0.738. The number of carboxylic acid groups (broad SMARTS) is 1. The van der Waals surface area contributed by atoms with Gasteiger partial charge in [0.1, 0.15) is 0 Å². The number of hydrogen-bond donors (Lipinski definition) is 2. The highest BCUT2D eigenvalue weighted by atomic mass is 16.4. The van der Waals surface area contributed by atoms with E-state index in [9.17, 15) is 19.5 Å². The van der Waals surface area contributed by atoms with Crippen LogP contribution in [0.1, 0.15) is 57.8 Å². The standard InChI is InChI=1S/C20H26N2O4/c23-17(13-20(14-19(25)26)10-2-1-3-11-20)21-15-6-8-16(9-7-15)22-12-4-5-18(22)24/h6-9H,1-5,10-14H2,(H,21,23)(H,25,26). The minimum atomic E-state index is -0.834. The quantitative estimate of drug-likeness (QED) is 0.814. The van der Waals surface area contributed by atoms with Crippen molar-refractivity contribution in [1.82, 2.24) is 0 Å². The molecular formula is C20H26N2O4. The average molecular weight is 358 g/mol. The molecule has 6 nitrogen and oxygen atoms in total. The number of amides is 2. The molecule has 0 atom stereocenters. The van der Waals surface area contributed by atoms with Crippen LogP contribution in [0, 0.1) is 5.41 Å². The highest BCUT2D eigenvalue weighted by Crippen LogP contribution is 2.42. The first kappa shape index (κ1) is 18.4. The van der Waals surface area contributed by atoms with Gasteiger partial charge in [0.15, 0.2) is 0 Å². The number of benzene rings is 1. The highest BCUT2D eigenvalue weighted by molar-refractivity contribution is 5.96. The molecule has 1 aliphatic carbocycles. The van der Waals surface area contributed by atoms with Crippen LogP contribution in [0.3, 0.4) is 0 Å². The van der Waals surface area contributed by atoms with Gasteiger partial charge in [-0.05, 0) is 48.9 Å². The average Bonchev–Trinajstić information content (AvgIpc) is 3.01. The van der Waals surface area contributed by atoms with E-state index < -0.39 is 11.4 Å². The van der Waals surface area contributed by atoms with Crippen LogP contribution in [0.5, 0.6) is 0 Å². The SMILES string of the molecule is O=C(O)CC1(CC(=O)Nc2ccc(N3CCCC3=O)cc2)CCCCC1. The van der Waals surface area contributed by atoms with Gasteiger partial charge in [0, 0.05) is 30.8 Å². The van der Waals surface area contributed by atoms with Crippen LogP contribution in [-0.2, 0) is 14.4 Å². The Morgan fingerprint density at radius 3 is 2.31 bits per heavy atom. The summed E-state index contributed by atoms with van der Waals surface area (Å²) in [5.74, 6) is -0.841. The van der Waals surface area contributed by atoms with Crippen molar-refractivity contribution >= 4 is 29.2 Å². The van der Waals surface area contributed by atoms with E-state index in [0.29, 0.717) is 12.1 Å². The predicted octanol–water partition coefficient (Wildman–Crippen LogP) is 3.57. The molecule has 6 heteroatoms. The van der Waals surface area contributed by atoms with Crippen LogP contribution in [0.15, 0.2) is 24.3 Å². The zero-order chi connectivity index (χ0) is 18.6. The summed E-state index contributed by atoms with van der Waals surface area (Å²) in [5.41, 5.74) is 1.10. The third-order valence-electron chi connectivity index (χ3n) is 5.51. The molecule has 0 bridgehead atoms. The van der Waals surface area contributed by atoms with E-state index in [-0.39, 0.29) is 24.7 Å². The Morgan fingerprint density at radius 2 is 1.73 bits per heavy atom. The number of carbonyl (C=O) groups excluding carboxylic acids is 2. The molecule has 2 aliphatic rings. The van der Waals surface area contributed by atoms with Crippen LogP contribution in [0.25, 0.3) is 0 Å². The van der Waals surface area contributed by atoms with Crippen LogP contribution >= 0.6 is 0 Å². The Labute approximate surface area is 153 Å². The van der Waals surface area contributed by atoms with E-state index in [1.54, 1.807) is 17.0 Å². The summed E-state index contributed by atoms with van der Waals surface area (Å²) in [7, 11) is 0. The predicted molar refractivity (Wildman–Crippen MR) is 99.0 cm³/mol. The number of carboxylic acids is 1. The maximum absolute atomic E-state index is 12.5. The third kappa shape index (κ3) is 4.42. The van der Waals surface area contributed by atoms with E-state index in [1.165, 1.54) is 0 Å². The fraction of sp³-hybridized carbons (Fsp3) is 0.550. The zero-order valence-electron chi connectivity index (χ0n) is 15.0. The Bertz CT molecular complexity index is 678. The molecule has 1 saturated carbocycles. The molecule has 3 rings (SSSR count). The summed E-state index contributed by atoms with van der Waals surface area (Å²) in [6, 6.07) is 7.27. The lowest BCUT2D eigenvalue weighted by molar-refractivity contribution is -0.141. The first-order chi connectivity index (χ1) is 12.5. The third-order valence-corrected chi connectivity index (χ3v) is 5.51. The second-order valence-electron chi connectivity index (χ2n) is 7.55. The molecule has 1 heterocycles. The minimum absolute atomic E-state index is 0.0520. The Morgan fingerprint density at radius 1 is 1.04 bits per heavy atom. The molecule has 1 aromatic rings. The molecule has 1 aliphatic heterocycles. The lowest BCUT2D eigenvalue weighted by atomic mass is 9.69. The van der Waals surface area contributed by atoms with Crippen molar-refractivity contribution in [1.29, 1.82) is 0 Å². The first-order valence-electron chi connectivity index (χ1n) is 9.40. The fourth-order valence-electron chi connectivity index (χ4n) is 4.23. The molecule has 0 unspecified atom stereocenters. The van der Waals surface area contributed by atoms with Gasteiger partial charge in [0.2, 0.25) is 11.8 Å². The van der Waals surface area contributed by atoms with Crippen molar-refractivity contribution in [3.8, 4) is 0 Å². The van der Waals surface area contributed by atoms with E-state index in [4.69, 9.17) is 0 Å². The molecule has 2 amide bonds. The molecular weight excluding hydrogens is 332 g/mol. The summed E-state index contributed by atoms with van der Waals surface area (Å²) in [6.07, 6.45) is 6.43. The summed E-state index contributed by atoms with van der Waals surface area (Å²) in [4.78, 5) is 37.3. The number of nitrogens with one attached hydrogen (secondary N) is 1. The maximum atomic E-state index is 12.5. The van der Waals surface area contributed by atoms with Gasteiger partial charge in [-0.2, -0.15) is 0 Å². The van der Waals surface area contributed by atoms with Crippen molar-refractivity contribution in [2.45, 2.75) is 57.8 Å². The Hall–Kier alpha value is -2.37. The number of aliphatic carboxylic acids is 1. The maximum Gasteiger partial charge on any atom is 0.303 e. The van der Waals surface area contributed by atoms with Crippen LogP contribution in [0.4, 0.5) is 11.4 Å². The van der Waals surface area contributed by atoms with E-state index in [1.807, 2.05) is 12.1 Å². The van der Waals surface area contributed by atoms with Crippen molar-refractivity contribution in [3.63, 3.8) is 0 Å². The van der Waals surface area contributed by atoms with Gasteiger partial charge >= 0.3 is 5.97 Å². The van der Waals surface area contributed by atoms with Crippen LogP contribution in [-0.4, -0.2) is 29.4 Å². The first-order valence-corrected chi connectivity index (χ1v) is 9.40. The van der Waals surface area contributed by atoms with Crippen molar-refractivity contribution in [2.75, 3.05) is 16.8 Å².